The van der Waals surface area contributed by atoms with Gasteiger partial charge in [0.25, 0.3) is 0 Å². The monoisotopic (exact) mass is 501 g/mol. The Kier molecular flexibility index (Phi) is 12.8. The molecule has 1 aliphatic carbocycles. The Bertz CT molecular complexity index is 718. The molecule has 2 aliphatic rings. The molecular weight excluding hydrogens is 454 g/mol. The molecule has 1 aliphatic heterocycles. The van der Waals surface area contributed by atoms with Crippen LogP contribution in [0.3, 0.4) is 0 Å². The molecule has 0 unspecified atom stereocenters. The van der Waals surface area contributed by atoms with Crippen LogP contribution in [0.4, 0.5) is 0 Å². The lowest BCUT2D eigenvalue weighted by atomic mass is 9.89. The van der Waals surface area contributed by atoms with Crippen molar-refractivity contribution in [3.63, 3.8) is 0 Å². The summed E-state index contributed by atoms with van der Waals surface area (Å²) in [5.74, 6) is -0.574. The minimum atomic E-state index is -3.56. The number of hydrogen-bond donors (Lipinski definition) is 1. The zero-order valence-electron chi connectivity index (χ0n) is 21.4. The highest BCUT2D eigenvalue weighted by Gasteiger charge is 2.32. The second-order valence-electron chi connectivity index (χ2n) is 10.3. The van der Waals surface area contributed by atoms with Crippen LogP contribution in [0.25, 0.3) is 0 Å². The van der Waals surface area contributed by atoms with E-state index >= 15 is 0 Å². The van der Waals surface area contributed by atoms with Crippen molar-refractivity contribution in [1.82, 2.24) is 14.3 Å². The Balaban J connectivity index is 1.87. The van der Waals surface area contributed by atoms with Gasteiger partial charge >= 0.3 is 0 Å². The van der Waals surface area contributed by atoms with Crippen LogP contribution in [-0.2, 0) is 19.6 Å². The maximum absolute atomic E-state index is 13.2. The predicted octanol–water partition coefficient (Wildman–Crippen LogP) is 4.38. The first-order valence-electron chi connectivity index (χ1n) is 13.5. The number of hydrogen-bond acceptors (Lipinski definition) is 5. The van der Waals surface area contributed by atoms with Crippen LogP contribution in [0.2, 0.25) is 0 Å². The normalized spacial score (nSPS) is 18.4. The summed E-state index contributed by atoms with van der Waals surface area (Å²) in [6.07, 6.45) is 14.1. The summed E-state index contributed by atoms with van der Waals surface area (Å²) >= 11 is 0. The number of rotatable bonds is 15. The van der Waals surface area contributed by atoms with E-state index in [9.17, 15) is 23.2 Å². The van der Waals surface area contributed by atoms with Gasteiger partial charge in [-0.25, -0.2) is 13.5 Å². The third-order valence-electron chi connectivity index (χ3n) is 7.38. The van der Waals surface area contributed by atoms with E-state index in [1.54, 1.807) is 0 Å². The third kappa shape index (κ3) is 9.82. The minimum Gasteiger partial charge on any atom is -0.342 e. The standard InChI is InChI=1S/C25H47N3O5S/c1-3-4-5-6-7-13-18-34(32,33)26(2)21-28(31)24(29)20-23(19-22-14-9-10-15-22)25(30)27-16-11-8-12-17-27/h22-23,31H,3-21H2,1-2H3/t23-/m1/s1. The van der Waals surface area contributed by atoms with Crippen molar-refractivity contribution in [3.8, 4) is 0 Å². The Hall–Kier alpha value is -1.19. The smallest absolute Gasteiger partial charge is 0.247 e. The largest absolute Gasteiger partial charge is 0.342 e. The molecule has 2 fully saturated rings. The summed E-state index contributed by atoms with van der Waals surface area (Å²) in [7, 11) is -2.17. The number of carbonyl (C=O) groups excluding carboxylic acids is 2. The zero-order chi connectivity index (χ0) is 25.0. The SMILES string of the molecule is CCCCCCCCS(=O)(=O)N(C)CN(O)C(=O)C[C@@H](CC1CCCC1)C(=O)N1CCCCC1. The summed E-state index contributed by atoms with van der Waals surface area (Å²) in [6.45, 7) is 3.19. The van der Waals surface area contributed by atoms with Crippen molar-refractivity contribution in [3.05, 3.63) is 0 Å². The number of likely N-dealkylation sites (tertiary alicyclic amines) is 1. The summed E-state index contributed by atoms with van der Waals surface area (Å²) in [5.41, 5.74) is 0. The highest BCUT2D eigenvalue weighted by Crippen LogP contribution is 2.32. The molecule has 1 saturated carbocycles. The first-order chi connectivity index (χ1) is 16.2. The van der Waals surface area contributed by atoms with Gasteiger partial charge in [0.15, 0.2) is 0 Å². The summed E-state index contributed by atoms with van der Waals surface area (Å²) < 4.78 is 26.2. The van der Waals surface area contributed by atoms with Crippen LogP contribution >= 0.6 is 0 Å². The van der Waals surface area contributed by atoms with Crippen LogP contribution in [0.15, 0.2) is 0 Å². The lowest BCUT2D eigenvalue weighted by Crippen LogP contribution is -2.44. The van der Waals surface area contributed by atoms with Crippen molar-refractivity contribution in [2.24, 2.45) is 11.8 Å². The van der Waals surface area contributed by atoms with Gasteiger partial charge in [-0.05, 0) is 38.0 Å². The van der Waals surface area contributed by atoms with Crippen LogP contribution in [0.1, 0.15) is 103 Å². The first-order valence-corrected chi connectivity index (χ1v) is 15.1. The maximum atomic E-state index is 13.2. The molecule has 1 atom stereocenters. The van der Waals surface area contributed by atoms with Crippen molar-refractivity contribution in [2.45, 2.75) is 103 Å². The van der Waals surface area contributed by atoms with E-state index < -0.39 is 28.5 Å². The summed E-state index contributed by atoms with van der Waals surface area (Å²) in [5, 5.41) is 10.9. The molecule has 0 aromatic carbocycles. The van der Waals surface area contributed by atoms with Crippen molar-refractivity contribution in [1.29, 1.82) is 0 Å². The quantitative estimate of drug-likeness (QED) is 0.155. The van der Waals surface area contributed by atoms with E-state index in [1.165, 1.54) is 7.05 Å². The highest BCUT2D eigenvalue weighted by molar-refractivity contribution is 7.89. The van der Waals surface area contributed by atoms with Crippen molar-refractivity contribution >= 4 is 21.8 Å². The molecule has 1 N–H and O–H groups in total. The summed E-state index contributed by atoms with van der Waals surface area (Å²) in [4.78, 5) is 27.9. The van der Waals surface area contributed by atoms with Gasteiger partial charge in [-0.1, -0.05) is 64.7 Å². The Morgan fingerprint density at radius 3 is 2.24 bits per heavy atom. The van der Waals surface area contributed by atoms with Gasteiger partial charge in [0.1, 0.15) is 6.67 Å². The van der Waals surface area contributed by atoms with Gasteiger partial charge in [-0.3, -0.25) is 14.8 Å². The molecule has 0 spiro atoms. The lowest BCUT2D eigenvalue weighted by Gasteiger charge is -2.32. The van der Waals surface area contributed by atoms with E-state index in [-0.39, 0.29) is 18.1 Å². The average Bonchev–Trinajstić information content (AvgIpc) is 3.34. The van der Waals surface area contributed by atoms with Crippen LogP contribution < -0.4 is 0 Å². The molecule has 2 amide bonds. The maximum Gasteiger partial charge on any atom is 0.247 e. The molecule has 34 heavy (non-hydrogen) atoms. The molecule has 0 aromatic heterocycles. The van der Waals surface area contributed by atoms with E-state index in [0.29, 0.717) is 23.8 Å². The fraction of sp³-hybridized carbons (Fsp3) is 0.920. The summed E-state index contributed by atoms with van der Waals surface area (Å²) in [6, 6.07) is 0. The van der Waals surface area contributed by atoms with Gasteiger partial charge in [0, 0.05) is 32.5 Å². The second-order valence-corrected chi connectivity index (χ2v) is 12.5. The number of unbranched alkanes of at least 4 members (excludes halogenated alkanes) is 5. The molecule has 0 radical (unpaired) electrons. The van der Waals surface area contributed by atoms with Crippen LogP contribution in [0.5, 0.6) is 0 Å². The lowest BCUT2D eigenvalue weighted by molar-refractivity contribution is -0.172. The average molecular weight is 502 g/mol. The van der Waals surface area contributed by atoms with Gasteiger partial charge < -0.3 is 4.90 Å². The number of piperidine rings is 1. The molecular formula is C25H47N3O5S. The molecule has 0 aromatic rings. The molecule has 0 bridgehead atoms. The molecule has 1 heterocycles. The third-order valence-corrected chi connectivity index (χ3v) is 9.25. The minimum absolute atomic E-state index is 0.00933. The predicted molar refractivity (Wildman–Crippen MR) is 134 cm³/mol. The fourth-order valence-corrected chi connectivity index (χ4v) is 6.35. The number of carbonyl (C=O) groups is 2. The molecule has 8 nitrogen and oxygen atoms in total. The van der Waals surface area contributed by atoms with E-state index in [2.05, 4.69) is 6.92 Å². The van der Waals surface area contributed by atoms with Gasteiger partial charge in [0.05, 0.1) is 5.75 Å². The molecule has 1 saturated heterocycles. The Labute approximate surface area is 207 Å². The number of hydroxylamine groups is 2. The van der Waals surface area contributed by atoms with E-state index in [4.69, 9.17) is 0 Å². The van der Waals surface area contributed by atoms with E-state index in [1.807, 2.05) is 4.90 Å². The first kappa shape index (κ1) is 29.0. The Morgan fingerprint density at radius 1 is 0.971 bits per heavy atom. The Morgan fingerprint density at radius 2 is 1.59 bits per heavy atom. The number of sulfonamides is 1. The zero-order valence-corrected chi connectivity index (χ0v) is 22.2. The van der Waals surface area contributed by atoms with Gasteiger partial charge in [0.2, 0.25) is 21.8 Å². The second kappa shape index (κ2) is 15.0. The number of nitrogens with zero attached hydrogens (tertiary/aromatic N) is 3. The molecule has 198 valence electrons. The fourth-order valence-electron chi connectivity index (χ4n) is 5.18. The topological polar surface area (TPSA) is 98.2 Å². The molecule has 9 heteroatoms. The highest BCUT2D eigenvalue weighted by atomic mass is 32.2. The van der Waals surface area contributed by atoms with Crippen LogP contribution in [-0.4, -0.2) is 72.3 Å². The van der Waals surface area contributed by atoms with Crippen LogP contribution in [0, 0.1) is 11.8 Å². The van der Waals surface area contributed by atoms with E-state index in [0.717, 1.165) is 94.4 Å². The van der Waals surface area contributed by atoms with Crippen molar-refractivity contribution < 1.29 is 23.2 Å². The van der Waals surface area contributed by atoms with Crippen molar-refractivity contribution in [2.75, 3.05) is 32.6 Å². The number of amides is 2. The molecule has 2 rings (SSSR count). The van der Waals surface area contributed by atoms with Gasteiger partial charge in [-0.2, -0.15) is 4.31 Å². The van der Waals surface area contributed by atoms with Gasteiger partial charge in [-0.15, -0.1) is 0 Å².